The van der Waals surface area contributed by atoms with Crippen molar-refractivity contribution in [3.63, 3.8) is 0 Å². The molecule has 1 aliphatic carbocycles. The Hall–Kier alpha value is -2.85. The Morgan fingerprint density at radius 1 is 1.17 bits per heavy atom. The van der Waals surface area contributed by atoms with E-state index >= 15 is 0 Å². The third-order valence-corrected chi connectivity index (χ3v) is 6.24. The lowest BCUT2D eigenvalue weighted by molar-refractivity contribution is -0.122. The van der Waals surface area contributed by atoms with Crippen molar-refractivity contribution in [1.82, 2.24) is 0 Å². The molecule has 152 valence electrons. The van der Waals surface area contributed by atoms with Crippen LogP contribution in [0.15, 0.2) is 36.4 Å². The molecule has 2 aromatic rings. The van der Waals surface area contributed by atoms with Crippen LogP contribution >= 0.6 is 0 Å². The second-order valence-electron chi connectivity index (χ2n) is 7.08. The second-order valence-corrected chi connectivity index (χ2v) is 7.88. The highest BCUT2D eigenvalue weighted by molar-refractivity contribution is 7.81. The van der Waals surface area contributed by atoms with Crippen LogP contribution in [0.4, 0.5) is 30.6 Å². The molecule has 2 aromatic carbocycles. The van der Waals surface area contributed by atoms with Crippen LogP contribution in [0.3, 0.4) is 0 Å². The van der Waals surface area contributed by atoms with Crippen LogP contribution in [0.2, 0.25) is 0 Å². The summed E-state index contributed by atoms with van der Waals surface area (Å²) < 4.78 is 52.0. The number of urea groups is 1. The number of amides is 3. The fourth-order valence-electron chi connectivity index (χ4n) is 4.30. The summed E-state index contributed by atoms with van der Waals surface area (Å²) in [4.78, 5) is 25.8. The fraction of sp³-hybridized carbons (Fsp3) is 0.263. The molecular weight excluding hydrogens is 404 g/mol. The number of rotatable bonds is 3. The molecule has 29 heavy (non-hydrogen) atoms. The number of nitrogens with two attached hydrogens (primary N) is 1. The van der Waals surface area contributed by atoms with Gasteiger partial charge in [-0.2, -0.15) is 0 Å². The zero-order chi connectivity index (χ0) is 20.9. The zero-order valence-corrected chi connectivity index (χ0v) is 15.9. The number of primary amides is 1. The third-order valence-electron chi connectivity index (χ3n) is 5.54. The molecule has 10 heteroatoms. The molecule has 2 N–H and O–H groups in total. The molecule has 1 aliphatic heterocycles. The Morgan fingerprint density at radius 3 is 2.45 bits per heavy atom. The molecule has 1 heterocycles. The average Bonchev–Trinajstić information content (AvgIpc) is 3.23. The van der Waals surface area contributed by atoms with E-state index in [0.29, 0.717) is 34.5 Å². The van der Waals surface area contributed by atoms with Gasteiger partial charge >= 0.3 is 6.03 Å². The van der Waals surface area contributed by atoms with Crippen molar-refractivity contribution in [2.75, 3.05) is 9.21 Å². The van der Waals surface area contributed by atoms with Crippen LogP contribution < -0.4 is 14.9 Å². The summed E-state index contributed by atoms with van der Waals surface area (Å²) in [6.07, 6.45) is 2.53. The Kier molecular flexibility index (Phi) is 4.62. The van der Waals surface area contributed by atoms with E-state index in [9.17, 15) is 27.1 Å². The summed E-state index contributed by atoms with van der Waals surface area (Å²) >= 11 is -2.93. The van der Waals surface area contributed by atoms with Gasteiger partial charge in [-0.25, -0.2) is 18.5 Å². The number of fused-ring (bicyclic) bond motifs is 2. The molecule has 1 unspecified atom stereocenters. The number of hydrogen-bond donors (Lipinski definition) is 1. The Labute approximate surface area is 167 Å². The van der Waals surface area contributed by atoms with Gasteiger partial charge in [-0.1, -0.05) is 12.8 Å². The van der Waals surface area contributed by atoms with E-state index in [1.54, 1.807) is 0 Å². The summed E-state index contributed by atoms with van der Waals surface area (Å²) in [5, 5.41) is 0. The van der Waals surface area contributed by atoms with E-state index in [-0.39, 0.29) is 11.4 Å². The highest BCUT2D eigenvalue weighted by Gasteiger charge is 2.53. The van der Waals surface area contributed by atoms with E-state index in [1.807, 2.05) is 0 Å². The van der Waals surface area contributed by atoms with Crippen molar-refractivity contribution in [2.45, 2.75) is 31.1 Å². The van der Waals surface area contributed by atoms with Crippen molar-refractivity contribution in [2.24, 2.45) is 5.73 Å². The van der Waals surface area contributed by atoms with E-state index in [0.717, 1.165) is 29.9 Å². The number of imide groups is 1. The third kappa shape index (κ3) is 2.90. The van der Waals surface area contributed by atoms with Crippen LogP contribution in [-0.2, 0) is 21.5 Å². The van der Waals surface area contributed by atoms with Gasteiger partial charge in [0.05, 0.1) is 33.7 Å². The molecule has 3 amide bonds. The standard InChI is InChI=1S/C19H17F2N3O4S/c20-11-3-5-16(14(21)9-11)24(29(27)28)12-4-6-15-13(10-12)19(7-1-2-8-19)17(25)23(15)18(22)26/h3-6,9-10H,1-2,7-8H2,(H2,22,26)(H,27,28)/p-1. The monoisotopic (exact) mass is 420 g/mol. The molecule has 2 aliphatic rings. The maximum absolute atomic E-state index is 14.3. The number of carbonyl (C=O) groups excluding carboxylic acids is 2. The zero-order valence-electron chi connectivity index (χ0n) is 15.1. The summed E-state index contributed by atoms with van der Waals surface area (Å²) in [6, 6.07) is 5.85. The highest BCUT2D eigenvalue weighted by Crippen LogP contribution is 2.52. The molecule has 1 spiro atoms. The quantitative estimate of drug-likeness (QED) is 0.770. The average molecular weight is 420 g/mol. The smallest absolute Gasteiger partial charge is 0.326 e. The first-order valence-electron chi connectivity index (χ1n) is 8.89. The summed E-state index contributed by atoms with van der Waals surface area (Å²) in [5.74, 6) is -2.33. The molecule has 0 aromatic heterocycles. The largest absolute Gasteiger partial charge is 0.755 e. The molecule has 4 rings (SSSR count). The van der Waals surface area contributed by atoms with Crippen molar-refractivity contribution >= 4 is 40.3 Å². The molecule has 0 bridgehead atoms. The van der Waals surface area contributed by atoms with Gasteiger partial charge in [0, 0.05) is 6.07 Å². The normalized spacial score (nSPS) is 18.2. The first-order chi connectivity index (χ1) is 13.8. The predicted molar refractivity (Wildman–Crippen MR) is 101 cm³/mol. The maximum atomic E-state index is 14.3. The van der Waals surface area contributed by atoms with Gasteiger partial charge in [-0.05, 0) is 48.7 Å². The summed E-state index contributed by atoms with van der Waals surface area (Å²) in [6.45, 7) is 0. The topological polar surface area (TPSA) is 107 Å². The minimum absolute atomic E-state index is 0.0630. The second kappa shape index (κ2) is 6.89. The molecule has 1 atom stereocenters. The van der Waals surface area contributed by atoms with Crippen molar-refractivity contribution in [1.29, 1.82) is 0 Å². The Balaban J connectivity index is 1.89. The number of hydrogen-bond acceptors (Lipinski definition) is 4. The van der Waals surface area contributed by atoms with Crippen LogP contribution in [0.1, 0.15) is 31.2 Å². The predicted octanol–water partition coefficient (Wildman–Crippen LogP) is 3.13. The molecule has 0 radical (unpaired) electrons. The highest BCUT2D eigenvalue weighted by atomic mass is 32.2. The van der Waals surface area contributed by atoms with Gasteiger partial charge in [0.2, 0.25) is 5.91 Å². The molecule has 7 nitrogen and oxygen atoms in total. The lowest BCUT2D eigenvalue weighted by Crippen LogP contribution is -2.44. The van der Waals surface area contributed by atoms with Crippen LogP contribution in [0.5, 0.6) is 0 Å². The van der Waals surface area contributed by atoms with E-state index in [4.69, 9.17) is 5.73 Å². The molecule has 0 saturated heterocycles. The van der Waals surface area contributed by atoms with Gasteiger partial charge in [-0.3, -0.25) is 13.3 Å². The van der Waals surface area contributed by atoms with Crippen molar-refractivity contribution in [3.05, 3.63) is 53.6 Å². The lowest BCUT2D eigenvalue weighted by atomic mass is 9.80. The fourth-order valence-corrected chi connectivity index (χ4v) is 4.89. The van der Waals surface area contributed by atoms with E-state index in [2.05, 4.69) is 0 Å². The van der Waals surface area contributed by atoms with Crippen LogP contribution in [0, 0.1) is 11.6 Å². The van der Waals surface area contributed by atoms with Crippen molar-refractivity contribution in [3.8, 4) is 0 Å². The van der Waals surface area contributed by atoms with Gasteiger partial charge in [0.15, 0.2) is 5.82 Å². The molecule has 1 fully saturated rings. The maximum Gasteiger partial charge on any atom is 0.326 e. The van der Waals surface area contributed by atoms with Crippen LogP contribution in [-0.4, -0.2) is 20.7 Å². The molecular formula is C19H16F2N3O4S-. The minimum Gasteiger partial charge on any atom is -0.755 e. The van der Waals surface area contributed by atoms with Crippen molar-refractivity contribution < 1.29 is 27.1 Å². The SMILES string of the molecule is NC(=O)N1C(=O)C2(CCCC2)c2cc(N(c3ccc(F)cc3F)S(=O)[O-])ccc21. The van der Waals surface area contributed by atoms with Gasteiger partial charge in [-0.15, -0.1) is 0 Å². The first kappa shape index (κ1) is 19.5. The van der Waals surface area contributed by atoms with E-state index in [1.165, 1.54) is 18.2 Å². The van der Waals surface area contributed by atoms with E-state index < -0.39 is 40.3 Å². The minimum atomic E-state index is -2.93. The number of halogens is 2. The molecule has 1 saturated carbocycles. The number of nitrogens with zero attached hydrogens (tertiary/aromatic N) is 2. The summed E-state index contributed by atoms with van der Waals surface area (Å²) in [5.41, 5.74) is 4.91. The summed E-state index contributed by atoms with van der Waals surface area (Å²) in [7, 11) is 0. The van der Waals surface area contributed by atoms with Gasteiger partial charge in [0.1, 0.15) is 5.82 Å². The number of anilines is 3. The lowest BCUT2D eigenvalue weighted by Gasteiger charge is -2.28. The number of carbonyl (C=O) groups is 2. The first-order valence-corrected chi connectivity index (χ1v) is 9.92. The number of benzene rings is 2. The van der Waals surface area contributed by atoms with Gasteiger partial charge in [0.25, 0.3) is 0 Å². The Morgan fingerprint density at radius 2 is 1.86 bits per heavy atom. The Bertz CT molecular complexity index is 1060. The van der Waals surface area contributed by atoms with Crippen LogP contribution in [0.25, 0.3) is 0 Å². The van der Waals surface area contributed by atoms with Gasteiger partial charge < -0.3 is 10.3 Å².